The highest BCUT2D eigenvalue weighted by Gasteiger charge is 2.45. The number of likely N-dealkylation sites (N-methyl/N-ethyl adjacent to an activating group) is 2. The summed E-state index contributed by atoms with van der Waals surface area (Å²) >= 11 is 1.36. The molecule has 6 aromatic carbocycles. The van der Waals surface area contributed by atoms with Crippen molar-refractivity contribution in [2.75, 3.05) is 24.1 Å². The Morgan fingerprint density at radius 3 is 1.14 bits per heavy atom. The average molecular weight is 1140 g/mol. The van der Waals surface area contributed by atoms with E-state index in [0.29, 0.717) is 57.1 Å². The SMILES string of the molecule is CN[C@@H](C)[C@H](O)c1ccccc1.CN[C@H](C)[C@@H](O)c1ccccc1.OOOSc1ccc([C@@H]2CC(C(F)(F)F)=NN2c2ccc(F)cc2F)cc1.OOOSc1ccc([C@@H]2CC(C(F)(F)F)=NN2c2ccc(F)cc2F)cc1. The molecule has 2 heterocycles. The highest BCUT2D eigenvalue weighted by Crippen LogP contribution is 2.42. The fraction of sp³-hybridized carbons (Fsp3) is 0.269. The summed E-state index contributed by atoms with van der Waals surface area (Å²) < 4.78 is 142. The van der Waals surface area contributed by atoms with E-state index >= 15 is 0 Å². The largest absolute Gasteiger partial charge is 0.431 e. The molecule has 2 aliphatic rings. The number of hydrazone groups is 2. The van der Waals surface area contributed by atoms with Crippen LogP contribution in [-0.4, -0.2) is 70.7 Å². The molecule has 0 bridgehead atoms. The van der Waals surface area contributed by atoms with Crippen LogP contribution in [0.3, 0.4) is 0 Å². The number of nitrogens with zero attached hydrogens (tertiary/aromatic N) is 4. The first kappa shape index (κ1) is 62.7. The van der Waals surface area contributed by atoms with Crippen LogP contribution in [0.1, 0.15) is 73.2 Å². The van der Waals surface area contributed by atoms with Gasteiger partial charge in [0.1, 0.15) is 23.1 Å². The van der Waals surface area contributed by atoms with Crippen molar-refractivity contribution < 1.29 is 83.4 Å². The molecule has 0 saturated carbocycles. The Morgan fingerprint density at radius 1 is 0.526 bits per heavy atom. The summed E-state index contributed by atoms with van der Waals surface area (Å²) in [5.74, 6) is -3.74. The van der Waals surface area contributed by atoms with Crippen molar-refractivity contribution in [3.05, 3.63) is 191 Å². The molecule has 0 spiro atoms. The zero-order valence-electron chi connectivity index (χ0n) is 41.5. The predicted octanol–water partition coefficient (Wildman–Crippen LogP) is 13.2. The fourth-order valence-electron chi connectivity index (χ4n) is 7.45. The minimum Gasteiger partial charge on any atom is -0.387 e. The molecule has 14 nitrogen and oxygen atoms in total. The van der Waals surface area contributed by atoms with Crippen molar-refractivity contribution in [1.82, 2.24) is 10.6 Å². The van der Waals surface area contributed by atoms with Gasteiger partial charge in [-0.25, -0.2) is 28.1 Å². The van der Waals surface area contributed by atoms with Gasteiger partial charge >= 0.3 is 12.4 Å². The third-order valence-corrected chi connectivity index (χ3v) is 13.0. The smallest absolute Gasteiger partial charge is 0.387 e. The van der Waals surface area contributed by atoms with Crippen LogP contribution >= 0.6 is 24.1 Å². The van der Waals surface area contributed by atoms with Crippen molar-refractivity contribution in [3.63, 3.8) is 0 Å². The maximum atomic E-state index is 14.1. The van der Waals surface area contributed by atoms with E-state index in [4.69, 9.17) is 10.5 Å². The van der Waals surface area contributed by atoms with Gasteiger partial charge in [0.25, 0.3) is 0 Å². The Balaban J connectivity index is 0.000000205. The molecule has 0 saturated heterocycles. The number of halogens is 10. The molecule has 0 unspecified atom stereocenters. The maximum Gasteiger partial charge on any atom is 0.431 e. The summed E-state index contributed by atoms with van der Waals surface area (Å²) in [7, 11) is 3.69. The summed E-state index contributed by atoms with van der Waals surface area (Å²) in [5.41, 5.74) is 0.108. The van der Waals surface area contributed by atoms with E-state index in [1.807, 2.05) is 88.6 Å². The molecular weight excluding hydrogens is 1090 g/mol. The standard InChI is InChI=1S/2C16H11F5N2O3S.2C10H15NO/c2*17-10-3-6-13(12(18)7-10)23-14(8-15(22-23)16(19,20)21)9-1-4-11(5-2-9)27-26-25-24;2*1-8(11-2)10(12)9-6-4-3-5-7-9/h2*1-7,14,24H,8H2;2*3-8,10-12H,1-2H3/t2*14-;2*8-,10-/m0010/s1. The quantitative estimate of drug-likeness (QED) is 0.0234. The van der Waals surface area contributed by atoms with Crippen LogP contribution in [0, 0.1) is 23.3 Å². The van der Waals surface area contributed by atoms with Crippen LogP contribution in [-0.2, 0) is 18.7 Å². The number of benzene rings is 6. The van der Waals surface area contributed by atoms with E-state index < -0.39 is 84.2 Å². The topological polar surface area (TPSA) is 173 Å². The molecule has 8 rings (SSSR count). The Hall–Kier alpha value is -6.14. The first-order valence-corrected chi connectivity index (χ1v) is 24.7. The molecule has 6 aromatic rings. The number of nitrogens with one attached hydrogen (secondary N) is 2. The van der Waals surface area contributed by atoms with Crippen molar-refractivity contribution in [2.45, 2.75) is 85.2 Å². The second-order valence-electron chi connectivity index (χ2n) is 16.9. The summed E-state index contributed by atoms with van der Waals surface area (Å²) in [5, 5.41) is 57.5. The van der Waals surface area contributed by atoms with Crippen molar-refractivity contribution in [1.29, 1.82) is 0 Å². The number of anilines is 2. The van der Waals surface area contributed by atoms with Gasteiger partial charge in [-0.2, -0.15) is 36.5 Å². The van der Waals surface area contributed by atoms with E-state index in [1.54, 1.807) is 0 Å². The minimum absolute atomic E-state index is 0.0902. The second kappa shape index (κ2) is 29.7. The molecule has 0 aliphatic carbocycles. The molecule has 26 heteroatoms. The van der Waals surface area contributed by atoms with Crippen LogP contribution < -0.4 is 20.7 Å². The lowest BCUT2D eigenvalue weighted by Gasteiger charge is -2.24. The molecule has 420 valence electrons. The minimum atomic E-state index is -4.67. The summed E-state index contributed by atoms with van der Waals surface area (Å²) in [4.78, 5) is 1.00. The van der Waals surface area contributed by atoms with Gasteiger partial charge in [0, 0.05) is 46.8 Å². The lowest BCUT2D eigenvalue weighted by Crippen LogP contribution is -2.28. The molecule has 0 fully saturated rings. The van der Waals surface area contributed by atoms with E-state index in [2.05, 4.69) is 39.6 Å². The van der Waals surface area contributed by atoms with Gasteiger partial charge in [0.2, 0.25) is 0 Å². The average Bonchev–Trinajstić information content (AvgIpc) is 4.11. The lowest BCUT2D eigenvalue weighted by atomic mass is 10.0. The van der Waals surface area contributed by atoms with Crippen LogP contribution in [0.15, 0.2) is 166 Å². The highest BCUT2D eigenvalue weighted by molar-refractivity contribution is 7.94. The zero-order chi connectivity index (χ0) is 57.2. The Morgan fingerprint density at radius 2 is 0.859 bits per heavy atom. The number of aliphatic hydroxyl groups excluding tert-OH is 2. The van der Waals surface area contributed by atoms with Gasteiger partial charge < -0.3 is 20.8 Å². The number of rotatable bonds is 16. The predicted molar refractivity (Wildman–Crippen MR) is 273 cm³/mol. The van der Waals surface area contributed by atoms with Crippen molar-refractivity contribution in [2.24, 2.45) is 10.2 Å². The monoisotopic (exact) mass is 1140 g/mol. The van der Waals surface area contributed by atoms with Crippen molar-refractivity contribution >= 4 is 46.9 Å². The first-order chi connectivity index (χ1) is 37.1. The molecule has 0 radical (unpaired) electrons. The summed E-state index contributed by atoms with van der Waals surface area (Å²) in [6.45, 7) is 3.91. The normalized spacial score (nSPS) is 16.8. The van der Waals surface area contributed by atoms with E-state index in [9.17, 15) is 54.1 Å². The van der Waals surface area contributed by atoms with Crippen molar-refractivity contribution in [3.8, 4) is 0 Å². The van der Waals surface area contributed by atoms with Gasteiger partial charge in [-0.05, 0) is 98.7 Å². The van der Waals surface area contributed by atoms with E-state index in [0.717, 1.165) is 45.4 Å². The van der Waals surface area contributed by atoms with Crippen LogP contribution in [0.4, 0.5) is 55.3 Å². The van der Waals surface area contributed by atoms with Crippen LogP contribution in [0.5, 0.6) is 0 Å². The molecule has 78 heavy (non-hydrogen) atoms. The van der Waals surface area contributed by atoms with Gasteiger partial charge in [-0.1, -0.05) is 95.0 Å². The molecular formula is C52H52F10N6O8S2. The zero-order valence-corrected chi connectivity index (χ0v) is 43.2. The van der Waals surface area contributed by atoms with Crippen LogP contribution in [0.25, 0.3) is 0 Å². The van der Waals surface area contributed by atoms with E-state index in [-0.39, 0.29) is 23.5 Å². The number of alkyl halides is 6. The highest BCUT2D eigenvalue weighted by atomic mass is 32.2. The number of aliphatic hydroxyl groups is 2. The third-order valence-electron chi connectivity index (χ3n) is 11.8. The second-order valence-corrected chi connectivity index (χ2v) is 18.4. The summed E-state index contributed by atoms with van der Waals surface area (Å²) in [6, 6.07) is 34.9. The maximum absolute atomic E-state index is 14.1. The Labute approximate surface area is 450 Å². The molecule has 6 N–H and O–H groups in total. The fourth-order valence-corrected chi connectivity index (χ4v) is 8.17. The first-order valence-electron chi connectivity index (χ1n) is 23.2. The molecule has 0 amide bonds. The van der Waals surface area contributed by atoms with Gasteiger partial charge in [0.05, 0.1) is 59.8 Å². The van der Waals surface area contributed by atoms with Gasteiger partial charge in [-0.3, -0.25) is 10.0 Å². The van der Waals surface area contributed by atoms with Gasteiger partial charge in [0.15, 0.2) is 11.6 Å². The molecule has 2 aliphatic heterocycles. The number of hydrogen-bond acceptors (Lipinski definition) is 16. The molecule has 6 atom stereocenters. The number of hydrogen-bond donors (Lipinski definition) is 6. The third kappa shape index (κ3) is 17.9. The Bertz CT molecular complexity index is 2660. The lowest BCUT2D eigenvalue weighted by molar-refractivity contribution is -0.432. The van der Waals surface area contributed by atoms with E-state index in [1.165, 1.54) is 48.5 Å². The van der Waals surface area contributed by atoms with Gasteiger partial charge in [-0.15, -0.1) is 8.67 Å². The van der Waals surface area contributed by atoms with Crippen LogP contribution in [0.2, 0.25) is 0 Å². The molecule has 0 aromatic heterocycles. The summed E-state index contributed by atoms with van der Waals surface area (Å²) in [6.07, 6.45) is -11.2. The Kier molecular flexibility index (Phi) is 23.9.